The van der Waals surface area contributed by atoms with Crippen LogP contribution in [0.25, 0.3) is 0 Å². The van der Waals surface area contributed by atoms with Crippen LogP contribution in [0.1, 0.15) is 6.42 Å². The topological polar surface area (TPSA) is 46.6 Å². The molecular formula is C9H13NO3. The lowest BCUT2D eigenvalue weighted by Crippen LogP contribution is -2.66. The van der Waals surface area contributed by atoms with Crippen LogP contribution in [0.15, 0.2) is 12.7 Å². The summed E-state index contributed by atoms with van der Waals surface area (Å²) in [5.41, 5.74) is 0. The molecule has 0 saturated carbocycles. The molecule has 1 aliphatic rings. The highest BCUT2D eigenvalue weighted by Crippen LogP contribution is 2.20. The molecule has 0 N–H and O–H groups in total. The van der Waals surface area contributed by atoms with Crippen LogP contribution in [0.2, 0.25) is 0 Å². The normalized spacial score (nSPS) is 26.8. The Labute approximate surface area is 77.2 Å². The maximum absolute atomic E-state index is 11.3. The van der Waals surface area contributed by atoms with E-state index in [9.17, 15) is 9.59 Å². The fourth-order valence-electron chi connectivity index (χ4n) is 1.41. The monoisotopic (exact) mass is 183 g/mol. The van der Waals surface area contributed by atoms with Crippen LogP contribution in [0, 0.1) is 0 Å². The third kappa shape index (κ3) is 1.62. The van der Waals surface area contributed by atoms with Gasteiger partial charge in [0.15, 0.2) is 6.10 Å². The van der Waals surface area contributed by atoms with E-state index >= 15 is 0 Å². The van der Waals surface area contributed by atoms with Crippen LogP contribution in [-0.2, 0) is 14.3 Å². The van der Waals surface area contributed by atoms with Crippen LogP contribution in [0.5, 0.6) is 0 Å². The van der Waals surface area contributed by atoms with Crippen molar-refractivity contribution in [3.8, 4) is 0 Å². The van der Waals surface area contributed by atoms with Crippen molar-refractivity contribution in [2.24, 2.45) is 0 Å². The number of hydrogen-bond donors (Lipinski definition) is 0. The van der Waals surface area contributed by atoms with Crippen molar-refractivity contribution in [2.45, 2.75) is 18.6 Å². The number of carbonyl (C=O) groups is 2. The first-order chi connectivity index (χ1) is 6.26. The van der Waals surface area contributed by atoms with Gasteiger partial charge in [0.25, 0.3) is 5.91 Å². The molecule has 1 amide bonds. The lowest BCUT2D eigenvalue weighted by Gasteiger charge is -2.42. The number of aldehydes is 1. The summed E-state index contributed by atoms with van der Waals surface area (Å²) in [4.78, 5) is 23.4. The van der Waals surface area contributed by atoms with E-state index in [1.807, 2.05) is 0 Å². The van der Waals surface area contributed by atoms with Crippen molar-refractivity contribution in [1.82, 2.24) is 4.90 Å². The number of hydrogen-bond acceptors (Lipinski definition) is 3. The van der Waals surface area contributed by atoms with Gasteiger partial charge in [-0.1, -0.05) is 6.08 Å². The molecule has 0 bridgehead atoms. The highest BCUT2D eigenvalue weighted by Gasteiger charge is 2.46. The maximum atomic E-state index is 11.3. The molecule has 4 heteroatoms. The second kappa shape index (κ2) is 4.18. The highest BCUT2D eigenvalue weighted by molar-refractivity contribution is 5.95. The quantitative estimate of drug-likeness (QED) is 0.342. The zero-order chi connectivity index (χ0) is 9.84. The van der Waals surface area contributed by atoms with Gasteiger partial charge in [0.1, 0.15) is 12.3 Å². The first kappa shape index (κ1) is 9.92. The van der Waals surface area contributed by atoms with E-state index < -0.39 is 12.1 Å². The van der Waals surface area contributed by atoms with Gasteiger partial charge < -0.3 is 14.4 Å². The Balaban J connectivity index is 2.51. The van der Waals surface area contributed by atoms with Gasteiger partial charge in [-0.15, -0.1) is 6.58 Å². The standard InChI is InChI=1S/C9H13NO3/c1-3-4-5-10-7(6-11)8(13-2)9(10)12/h3,6-8H,1,4-5H2,2H3/t7-,8+/m0/s1. The molecule has 1 fully saturated rings. The van der Waals surface area contributed by atoms with E-state index in [1.54, 1.807) is 6.08 Å². The van der Waals surface area contributed by atoms with Crippen molar-refractivity contribution in [1.29, 1.82) is 0 Å². The van der Waals surface area contributed by atoms with Gasteiger partial charge in [0, 0.05) is 13.7 Å². The molecule has 1 heterocycles. The molecule has 0 aromatic heterocycles. The Morgan fingerprint density at radius 1 is 1.69 bits per heavy atom. The van der Waals surface area contributed by atoms with Crippen LogP contribution in [0.3, 0.4) is 0 Å². The summed E-state index contributed by atoms with van der Waals surface area (Å²) in [7, 11) is 1.43. The number of methoxy groups -OCH3 is 1. The maximum Gasteiger partial charge on any atom is 0.255 e. The number of β-lactam (4-membered cyclic amide) rings is 1. The predicted octanol–water partition coefficient (Wildman–Crippen LogP) is -0.0128. The first-order valence-electron chi connectivity index (χ1n) is 4.15. The van der Waals surface area contributed by atoms with Crippen molar-refractivity contribution in [3.63, 3.8) is 0 Å². The SMILES string of the molecule is C=CCCN1C(=O)[C@H](OC)[C@@H]1C=O. The number of likely N-dealkylation sites (tertiary alicyclic amines) is 1. The molecule has 13 heavy (non-hydrogen) atoms. The molecule has 2 atom stereocenters. The second-order valence-corrected chi connectivity index (χ2v) is 2.89. The Morgan fingerprint density at radius 2 is 2.38 bits per heavy atom. The third-order valence-electron chi connectivity index (χ3n) is 2.16. The van der Waals surface area contributed by atoms with Crippen molar-refractivity contribution >= 4 is 12.2 Å². The molecule has 0 radical (unpaired) electrons. The fourth-order valence-corrected chi connectivity index (χ4v) is 1.41. The van der Waals surface area contributed by atoms with Crippen LogP contribution in [-0.4, -0.2) is 42.9 Å². The Hall–Kier alpha value is -1.16. The molecule has 0 unspecified atom stereocenters. The summed E-state index contributed by atoms with van der Waals surface area (Å²) in [6, 6.07) is -0.405. The van der Waals surface area contributed by atoms with Gasteiger partial charge in [-0.2, -0.15) is 0 Å². The minimum absolute atomic E-state index is 0.110. The van der Waals surface area contributed by atoms with E-state index in [1.165, 1.54) is 12.0 Å². The Morgan fingerprint density at radius 3 is 2.85 bits per heavy atom. The molecule has 0 aromatic rings. The number of amides is 1. The minimum Gasteiger partial charge on any atom is -0.369 e. The van der Waals surface area contributed by atoms with E-state index in [-0.39, 0.29) is 5.91 Å². The molecule has 0 spiro atoms. The van der Waals surface area contributed by atoms with E-state index in [0.717, 1.165) is 6.29 Å². The largest absolute Gasteiger partial charge is 0.369 e. The predicted molar refractivity (Wildman–Crippen MR) is 47.2 cm³/mol. The zero-order valence-corrected chi connectivity index (χ0v) is 7.60. The lowest BCUT2D eigenvalue weighted by molar-refractivity contribution is -0.171. The van der Waals surface area contributed by atoms with Crippen LogP contribution >= 0.6 is 0 Å². The highest BCUT2D eigenvalue weighted by atomic mass is 16.5. The van der Waals surface area contributed by atoms with E-state index in [0.29, 0.717) is 13.0 Å². The van der Waals surface area contributed by atoms with Crippen molar-refractivity contribution in [2.75, 3.05) is 13.7 Å². The van der Waals surface area contributed by atoms with Crippen LogP contribution < -0.4 is 0 Å². The van der Waals surface area contributed by atoms with Crippen LogP contribution in [0.4, 0.5) is 0 Å². The molecule has 1 saturated heterocycles. The summed E-state index contributed by atoms with van der Waals surface area (Å²) in [6.45, 7) is 4.10. The van der Waals surface area contributed by atoms with Crippen molar-refractivity contribution < 1.29 is 14.3 Å². The summed E-state index contributed by atoms with van der Waals surface area (Å²) >= 11 is 0. The molecule has 4 nitrogen and oxygen atoms in total. The lowest BCUT2D eigenvalue weighted by atomic mass is 9.99. The number of rotatable bonds is 5. The minimum atomic E-state index is -0.567. The number of carbonyl (C=O) groups excluding carboxylic acids is 2. The molecule has 1 rings (SSSR count). The van der Waals surface area contributed by atoms with Gasteiger partial charge in [-0.25, -0.2) is 0 Å². The summed E-state index contributed by atoms with van der Waals surface area (Å²) in [5.74, 6) is -0.110. The Kier molecular flexibility index (Phi) is 3.19. The summed E-state index contributed by atoms with van der Waals surface area (Å²) in [6.07, 6.45) is 2.60. The molecule has 72 valence electrons. The van der Waals surface area contributed by atoms with Crippen molar-refractivity contribution in [3.05, 3.63) is 12.7 Å². The molecule has 1 aliphatic heterocycles. The zero-order valence-electron chi connectivity index (χ0n) is 7.60. The third-order valence-corrected chi connectivity index (χ3v) is 2.16. The smallest absolute Gasteiger partial charge is 0.255 e. The van der Waals surface area contributed by atoms with Gasteiger partial charge in [0.05, 0.1) is 0 Å². The first-order valence-corrected chi connectivity index (χ1v) is 4.15. The number of nitrogens with zero attached hydrogens (tertiary/aromatic N) is 1. The van der Waals surface area contributed by atoms with Gasteiger partial charge >= 0.3 is 0 Å². The summed E-state index contributed by atoms with van der Waals surface area (Å²) in [5, 5.41) is 0. The Bertz CT molecular complexity index is 227. The summed E-state index contributed by atoms with van der Waals surface area (Å²) < 4.78 is 4.86. The van der Waals surface area contributed by atoms with Gasteiger partial charge in [0.2, 0.25) is 0 Å². The van der Waals surface area contributed by atoms with E-state index in [4.69, 9.17) is 4.74 Å². The average Bonchev–Trinajstić information content (AvgIpc) is 2.14. The molecular weight excluding hydrogens is 170 g/mol. The fraction of sp³-hybridized carbons (Fsp3) is 0.556. The molecule has 0 aromatic carbocycles. The average molecular weight is 183 g/mol. The van der Waals surface area contributed by atoms with Gasteiger partial charge in [-0.05, 0) is 6.42 Å². The molecule has 0 aliphatic carbocycles. The van der Waals surface area contributed by atoms with Gasteiger partial charge in [-0.3, -0.25) is 4.79 Å². The van der Waals surface area contributed by atoms with E-state index in [2.05, 4.69) is 6.58 Å². The second-order valence-electron chi connectivity index (χ2n) is 2.89. The number of ether oxygens (including phenoxy) is 1.